The molecule has 0 N–H and O–H groups in total. The van der Waals surface area contributed by atoms with Crippen LogP contribution in [0.25, 0.3) is 0 Å². The van der Waals surface area contributed by atoms with Gasteiger partial charge in [0.05, 0.1) is 11.2 Å². The van der Waals surface area contributed by atoms with Crippen molar-refractivity contribution >= 4 is 0 Å². The van der Waals surface area contributed by atoms with Crippen molar-refractivity contribution in [2.45, 2.75) is 72.8 Å². The third-order valence-corrected chi connectivity index (χ3v) is 5.36. The first-order valence-corrected chi connectivity index (χ1v) is 7.85. The van der Waals surface area contributed by atoms with Crippen LogP contribution in [0.5, 0.6) is 0 Å². The molecule has 1 aliphatic rings. The second-order valence-electron chi connectivity index (χ2n) is 7.50. The van der Waals surface area contributed by atoms with Crippen molar-refractivity contribution < 1.29 is 0 Å². The zero-order chi connectivity index (χ0) is 14.4. The van der Waals surface area contributed by atoms with Gasteiger partial charge in [-0.05, 0) is 49.5 Å². The van der Waals surface area contributed by atoms with Crippen molar-refractivity contribution in [1.82, 2.24) is 9.78 Å². The van der Waals surface area contributed by atoms with Crippen molar-refractivity contribution in [2.75, 3.05) is 0 Å². The molecule has 0 radical (unpaired) electrons. The van der Waals surface area contributed by atoms with E-state index in [4.69, 9.17) is 5.10 Å². The summed E-state index contributed by atoms with van der Waals surface area (Å²) in [4.78, 5) is 0. The highest BCUT2D eigenvalue weighted by Crippen LogP contribution is 2.40. The van der Waals surface area contributed by atoms with Gasteiger partial charge >= 0.3 is 0 Å². The first-order valence-electron chi connectivity index (χ1n) is 7.85. The van der Waals surface area contributed by atoms with Gasteiger partial charge in [-0.25, -0.2) is 0 Å². The summed E-state index contributed by atoms with van der Waals surface area (Å²) in [6.07, 6.45) is 2.40. The molecular formula is C17H30N2. The maximum atomic E-state index is 4.97. The average Bonchev–Trinajstić information content (AvgIpc) is 2.69. The highest BCUT2D eigenvalue weighted by atomic mass is 15.3. The lowest BCUT2D eigenvalue weighted by molar-refractivity contribution is 0.150. The molecule has 108 valence electrons. The van der Waals surface area contributed by atoms with E-state index in [0.29, 0.717) is 11.8 Å². The van der Waals surface area contributed by atoms with Crippen LogP contribution in [0.3, 0.4) is 0 Å². The molecule has 2 rings (SSSR count). The second-order valence-corrected chi connectivity index (χ2v) is 7.50. The topological polar surface area (TPSA) is 17.8 Å². The molecule has 3 unspecified atom stereocenters. The fourth-order valence-corrected chi connectivity index (χ4v) is 3.26. The minimum absolute atomic E-state index is 0.159. The van der Waals surface area contributed by atoms with Crippen LogP contribution in [0.4, 0.5) is 0 Å². The van der Waals surface area contributed by atoms with Crippen molar-refractivity contribution in [3.8, 4) is 0 Å². The van der Waals surface area contributed by atoms with Crippen LogP contribution in [0.15, 0.2) is 6.07 Å². The van der Waals surface area contributed by atoms with Crippen LogP contribution in [-0.4, -0.2) is 9.78 Å². The maximum Gasteiger partial charge on any atom is 0.0653 e. The Morgan fingerprint density at radius 3 is 2.37 bits per heavy atom. The fourth-order valence-electron chi connectivity index (χ4n) is 3.26. The second kappa shape index (κ2) is 4.96. The molecule has 0 amide bonds. The third kappa shape index (κ3) is 2.46. The predicted molar refractivity (Wildman–Crippen MR) is 81.5 cm³/mol. The van der Waals surface area contributed by atoms with Crippen molar-refractivity contribution in [1.29, 1.82) is 0 Å². The standard InChI is InChI=1S/C17H30N2/c1-11(2)16-9-15-8-13(5)14(6)10-17(7,12(3)4)19(15)18-16/h9,11-14H,8,10H2,1-7H3. The Morgan fingerprint density at radius 2 is 1.84 bits per heavy atom. The van der Waals surface area contributed by atoms with Gasteiger partial charge in [0, 0.05) is 5.69 Å². The zero-order valence-corrected chi connectivity index (χ0v) is 13.7. The molecule has 19 heavy (non-hydrogen) atoms. The van der Waals surface area contributed by atoms with Crippen molar-refractivity contribution in [3.63, 3.8) is 0 Å². The quantitative estimate of drug-likeness (QED) is 0.762. The number of aromatic nitrogens is 2. The Balaban J connectivity index is 2.53. The molecule has 3 atom stereocenters. The van der Waals surface area contributed by atoms with Crippen LogP contribution >= 0.6 is 0 Å². The molecule has 1 aliphatic heterocycles. The number of hydrogen-bond acceptors (Lipinski definition) is 1. The summed E-state index contributed by atoms with van der Waals surface area (Å²) in [5.74, 6) is 2.63. The molecule has 0 aliphatic carbocycles. The fraction of sp³-hybridized carbons (Fsp3) is 0.824. The first kappa shape index (κ1) is 14.6. The van der Waals surface area contributed by atoms with Gasteiger partial charge in [-0.2, -0.15) is 5.10 Å². The minimum atomic E-state index is 0.159. The molecule has 2 heteroatoms. The highest BCUT2D eigenvalue weighted by molar-refractivity contribution is 5.18. The predicted octanol–water partition coefficient (Wildman–Crippen LogP) is 4.60. The Labute approximate surface area is 118 Å². The van der Waals surface area contributed by atoms with E-state index in [1.807, 2.05) is 0 Å². The lowest BCUT2D eigenvalue weighted by atomic mass is 9.78. The lowest BCUT2D eigenvalue weighted by Crippen LogP contribution is -2.38. The van der Waals surface area contributed by atoms with E-state index >= 15 is 0 Å². The average molecular weight is 262 g/mol. The summed E-state index contributed by atoms with van der Waals surface area (Å²) in [5, 5.41) is 4.97. The molecule has 1 aromatic heterocycles. The monoisotopic (exact) mass is 262 g/mol. The normalized spacial score (nSPS) is 31.6. The van der Waals surface area contributed by atoms with Crippen LogP contribution in [-0.2, 0) is 12.0 Å². The summed E-state index contributed by atoms with van der Waals surface area (Å²) in [5.41, 5.74) is 2.85. The molecule has 0 saturated carbocycles. The van der Waals surface area contributed by atoms with Gasteiger partial charge in [0.1, 0.15) is 0 Å². The van der Waals surface area contributed by atoms with Crippen LogP contribution < -0.4 is 0 Å². The zero-order valence-electron chi connectivity index (χ0n) is 13.7. The van der Waals surface area contributed by atoms with E-state index in [-0.39, 0.29) is 5.54 Å². The van der Waals surface area contributed by atoms with Crippen LogP contribution in [0.2, 0.25) is 0 Å². The van der Waals surface area contributed by atoms with Gasteiger partial charge in [-0.15, -0.1) is 0 Å². The molecular weight excluding hydrogens is 232 g/mol. The van der Waals surface area contributed by atoms with Gasteiger partial charge in [0.2, 0.25) is 0 Å². The minimum Gasteiger partial charge on any atom is -0.263 e. The maximum absolute atomic E-state index is 4.97. The lowest BCUT2D eigenvalue weighted by Gasteiger charge is -2.36. The summed E-state index contributed by atoms with van der Waals surface area (Å²) in [7, 11) is 0. The van der Waals surface area contributed by atoms with Gasteiger partial charge in [-0.1, -0.05) is 41.5 Å². The summed E-state index contributed by atoms with van der Waals surface area (Å²) in [6, 6.07) is 2.35. The molecule has 1 aromatic rings. The van der Waals surface area contributed by atoms with E-state index in [1.54, 1.807) is 0 Å². The third-order valence-electron chi connectivity index (χ3n) is 5.36. The Bertz CT molecular complexity index is 444. The number of fused-ring (bicyclic) bond motifs is 1. The number of hydrogen-bond donors (Lipinski definition) is 0. The SMILES string of the molecule is CC(C)c1cc2n(n1)C(C)(C(C)C)CC(C)C(C)C2. The van der Waals surface area contributed by atoms with E-state index in [1.165, 1.54) is 24.2 Å². The van der Waals surface area contributed by atoms with Gasteiger partial charge < -0.3 is 0 Å². The molecule has 2 nitrogen and oxygen atoms in total. The molecule has 0 aromatic carbocycles. The van der Waals surface area contributed by atoms with Crippen LogP contribution in [0.1, 0.15) is 72.2 Å². The molecule has 0 fully saturated rings. The summed E-state index contributed by atoms with van der Waals surface area (Å²) >= 11 is 0. The number of rotatable bonds is 2. The Morgan fingerprint density at radius 1 is 1.21 bits per heavy atom. The van der Waals surface area contributed by atoms with Gasteiger partial charge in [-0.3, -0.25) is 4.68 Å². The first-order chi connectivity index (χ1) is 8.75. The van der Waals surface area contributed by atoms with E-state index in [2.05, 4.69) is 59.2 Å². The van der Waals surface area contributed by atoms with E-state index in [9.17, 15) is 0 Å². The number of nitrogens with zero attached hydrogens (tertiary/aromatic N) is 2. The van der Waals surface area contributed by atoms with Crippen molar-refractivity contribution in [3.05, 3.63) is 17.5 Å². The largest absolute Gasteiger partial charge is 0.263 e. The highest BCUT2D eigenvalue weighted by Gasteiger charge is 2.39. The molecule has 0 saturated heterocycles. The van der Waals surface area contributed by atoms with Crippen LogP contribution in [0, 0.1) is 17.8 Å². The Kier molecular flexibility index (Phi) is 3.81. The smallest absolute Gasteiger partial charge is 0.0653 e. The van der Waals surface area contributed by atoms with Crippen molar-refractivity contribution in [2.24, 2.45) is 17.8 Å². The van der Waals surface area contributed by atoms with Gasteiger partial charge in [0.15, 0.2) is 0 Å². The summed E-state index contributed by atoms with van der Waals surface area (Å²) in [6.45, 7) is 16.3. The summed E-state index contributed by atoms with van der Waals surface area (Å²) < 4.78 is 2.37. The van der Waals surface area contributed by atoms with E-state index in [0.717, 1.165) is 11.8 Å². The van der Waals surface area contributed by atoms with E-state index < -0.39 is 0 Å². The molecule has 0 spiro atoms. The Hall–Kier alpha value is -0.790. The van der Waals surface area contributed by atoms with Gasteiger partial charge in [0.25, 0.3) is 0 Å². The molecule has 0 bridgehead atoms. The molecule has 2 heterocycles.